The van der Waals surface area contributed by atoms with Crippen molar-refractivity contribution in [1.82, 2.24) is 9.78 Å². The van der Waals surface area contributed by atoms with Crippen LogP contribution in [0.1, 0.15) is 30.5 Å². The van der Waals surface area contributed by atoms with Gasteiger partial charge < -0.3 is 0 Å². The highest BCUT2D eigenvalue weighted by molar-refractivity contribution is 5.62. The second kappa shape index (κ2) is 7.26. The van der Waals surface area contributed by atoms with Crippen LogP contribution in [0, 0.1) is 0 Å². The van der Waals surface area contributed by atoms with E-state index in [1.807, 2.05) is 30.3 Å². The first-order valence-electron chi connectivity index (χ1n) is 8.45. The molecule has 3 rings (SSSR count). The fourth-order valence-electron chi connectivity index (χ4n) is 2.80. The molecule has 1 heterocycles. The van der Waals surface area contributed by atoms with Gasteiger partial charge in [-0.2, -0.15) is 5.10 Å². The fraction of sp³-hybridized carbons (Fsp3) is 0.238. The molecule has 122 valence electrons. The highest BCUT2D eigenvalue weighted by atomic mass is 16.1. The van der Waals surface area contributed by atoms with Crippen LogP contribution >= 0.6 is 0 Å². The van der Waals surface area contributed by atoms with E-state index in [0.29, 0.717) is 6.54 Å². The highest BCUT2D eigenvalue weighted by Crippen LogP contribution is 2.20. The van der Waals surface area contributed by atoms with Gasteiger partial charge in [0.1, 0.15) is 0 Å². The van der Waals surface area contributed by atoms with Gasteiger partial charge in [0.05, 0.1) is 12.2 Å². The topological polar surface area (TPSA) is 34.9 Å². The first-order valence-corrected chi connectivity index (χ1v) is 8.45. The molecule has 3 nitrogen and oxygen atoms in total. The first kappa shape index (κ1) is 16.2. The summed E-state index contributed by atoms with van der Waals surface area (Å²) >= 11 is 0. The van der Waals surface area contributed by atoms with Gasteiger partial charge in [-0.1, -0.05) is 68.4 Å². The van der Waals surface area contributed by atoms with Gasteiger partial charge in [-0.25, -0.2) is 4.68 Å². The molecule has 0 radical (unpaired) electrons. The lowest BCUT2D eigenvalue weighted by molar-refractivity contribution is 0.638. The van der Waals surface area contributed by atoms with Gasteiger partial charge >= 0.3 is 0 Å². The summed E-state index contributed by atoms with van der Waals surface area (Å²) in [6.07, 6.45) is 1.81. The highest BCUT2D eigenvalue weighted by Gasteiger charge is 2.10. The Morgan fingerprint density at radius 2 is 1.54 bits per heavy atom. The van der Waals surface area contributed by atoms with Gasteiger partial charge in [0.15, 0.2) is 0 Å². The van der Waals surface area contributed by atoms with Crippen LogP contribution in [-0.4, -0.2) is 9.78 Å². The molecular formula is C21H22N2O. The molecule has 0 fully saturated rings. The molecule has 24 heavy (non-hydrogen) atoms. The van der Waals surface area contributed by atoms with Crippen LogP contribution in [-0.2, 0) is 19.4 Å². The zero-order valence-electron chi connectivity index (χ0n) is 14.2. The Morgan fingerprint density at radius 3 is 2.17 bits per heavy atom. The molecular weight excluding hydrogens is 296 g/mol. The summed E-state index contributed by atoms with van der Waals surface area (Å²) in [5.41, 5.74) is 5.26. The van der Waals surface area contributed by atoms with Crippen molar-refractivity contribution in [2.45, 2.75) is 33.2 Å². The molecule has 3 aromatic rings. The van der Waals surface area contributed by atoms with Crippen molar-refractivity contribution in [1.29, 1.82) is 0 Å². The van der Waals surface area contributed by atoms with Crippen molar-refractivity contribution < 1.29 is 0 Å². The molecule has 0 aliphatic carbocycles. The predicted octanol–water partition coefficient (Wildman–Crippen LogP) is 4.08. The third-order valence-corrected chi connectivity index (χ3v) is 4.27. The normalized spacial score (nSPS) is 10.8. The molecule has 2 aromatic carbocycles. The Labute approximate surface area is 142 Å². The number of hydrogen-bond acceptors (Lipinski definition) is 2. The van der Waals surface area contributed by atoms with E-state index in [1.165, 1.54) is 5.56 Å². The molecule has 0 N–H and O–H groups in total. The quantitative estimate of drug-likeness (QED) is 0.710. The zero-order valence-corrected chi connectivity index (χ0v) is 14.2. The summed E-state index contributed by atoms with van der Waals surface area (Å²) in [6.45, 7) is 4.68. The minimum absolute atomic E-state index is 0.0499. The van der Waals surface area contributed by atoms with Crippen molar-refractivity contribution in [2.75, 3.05) is 0 Å². The van der Waals surface area contributed by atoms with Crippen LogP contribution in [0.3, 0.4) is 0 Å². The third kappa shape index (κ3) is 3.46. The van der Waals surface area contributed by atoms with Crippen LogP contribution in [0.5, 0.6) is 0 Å². The molecule has 0 saturated carbocycles. The number of aromatic nitrogens is 2. The summed E-state index contributed by atoms with van der Waals surface area (Å²) in [5, 5.41) is 4.66. The van der Waals surface area contributed by atoms with E-state index >= 15 is 0 Å². The largest absolute Gasteiger partial charge is 0.268 e. The molecule has 0 spiro atoms. The average Bonchev–Trinajstić information content (AvgIpc) is 2.64. The maximum atomic E-state index is 12.4. The Kier molecular flexibility index (Phi) is 4.90. The smallest absolute Gasteiger partial charge is 0.267 e. The summed E-state index contributed by atoms with van der Waals surface area (Å²) in [4.78, 5) is 12.4. The second-order valence-corrected chi connectivity index (χ2v) is 5.90. The molecule has 1 aromatic heterocycles. The average molecular weight is 318 g/mol. The minimum atomic E-state index is -0.0499. The number of hydrogen-bond donors (Lipinski definition) is 0. The first-order chi connectivity index (χ1) is 11.7. The van der Waals surface area contributed by atoms with E-state index in [4.69, 9.17) is 0 Å². The number of benzene rings is 2. The van der Waals surface area contributed by atoms with Crippen molar-refractivity contribution in [2.24, 2.45) is 0 Å². The summed E-state index contributed by atoms with van der Waals surface area (Å²) in [5.74, 6) is 0. The van der Waals surface area contributed by atoms with E-state index < -0.39 is 0 Å². The SMILES string of the molecule is CCc1ccc(Cn2nc(-c3ccccc3)c(CC)cc2=O)cc1. The van der Waals surface area contributed by atoms with Crippen LogP contribution in [0.25, 0.3) is 11.3 Å². The predicted molar refractivity (Wildman–Crippen MR) is 98.2 cm³/mol. The lowest BCUT2D eigenvalue weighted by Gasteiger charge is -2.11. The Hall–Kier alpha value is -2.68. The van der Waals surface area contributed by atoms with Gasteiger partial charge in [-0.3, -0.25) is 4.79 Å². The van der Waals surface area contributed by atoms with E-state index in [1.54, 1.807) is 10.7 Å². The maximum Gasteiger partial charge on any atom is 0.267 e. The third-order valence-electron chi connectivity index (χ3n) is 4.27. The van der Waals surface area contributed by atoms with Crippen molar-refractivity contribution >= 4 is 0 Å². The Bertz CT molecular complexity index is 865. The number of rotatable bonds is 5. The van der Waals surface area contributed by atoms with E-state index in [-0.39, 0.29) is 5.56 Å². The summed E-state index contributed by atoms with van der Waals surface area (Å²) < 4.78 is 1.56. The maximum absolute atomic E-state index is 12.4. The van der Waals surface area contributed by atoms with Crippen molar-refractivity contribution in [3.63, 3.8) is 0 Å². The van der Waals surface area contributed by atoms with Crippen LogP contribution in [0.4, 0.5) is 0 Å². The molecule has 0 unspecified atom stereocenters. The molecule has 0 aliphatic heterocycles. The Morgan fingerprint density at radius 1 is 0.875 bits per heavy atom. The van der Waals surface area contributed by atoms with Gasteiger partial charge in [-0.05, 0) is 29.5 Å². The number of nitrogens with zero attached hydrogens (tertiary/aromatic N) is 2. The van der Waals surface area contributed by atoms with Crippen LogP contribution < -0.4 is 5.56 Å². The zero-order chi connectivity index (χ0) is 16.9. The van der Waals surface area contributed by atoms with E-state index in [0.717, 1.165) is 35.2 Å². The van der Waals surface area contributed by atoms with Crippen molar-refractivity contribution in [3.8, 4) is 11.3 Å². The van der Waals surface area contributed by atoms with Gasteiger partial charge in [-0.15, -0.1) is 0 Å². The van der Waals surface area contributed by atoms with Crippen molar-refractivity contribution in [3.05, 3.63) is 87.7 Å². The molecule has 0 atom stereocenters. The van der Waals surface area contributed by atoms with E-state index in [2.05, 4.69) is 43.2 Å². The van der Waals surface area contributed by atoms with Gasteiger partial charge in [0, 0.05) is 11.6 Å². The molecule has 0 amide bonds. The summed E-state index contributed by atoms with van der Waals surface area (Å²) in [6, 6.07) is 20.1. The van der Waals surface area contributed by atoms with Crippen LogP contribution in [0.15, 0.2) is 65.5 Å². The van der Waals surface area contributed by atoms with Gasteiger partial charge in [0.25, 0.3) is 5.56 Å². The lowest BCUT2D eigenvalue weighted by atomic mass is 10.0. The Balaban J connectivity index is 2.00. The lowest BCUT2D eigenvalue weighted by Crippen LogP contribution is -2.24. The standard InChI is InChI=1S/C21H22N2O/c1-3-16-10-12-17(13-11-16)15-23-20(24)14-18(4-2)21(22-23)19-8-6-5-7-9-19/h5-14H,3-4,15H2,1-2H3. The summed E-state index contributed by atoms with van der Waals surface area (Å²) in [7, 11) is 0. The molecule has 3 heteroatoms. The van der Waals surface area contributed by atoms with Crippen LogP contribution in [0.2, 0.25) is 0 Å². The second-order valence-electron chi connectivity index (χ2n) is 5.90. The monoisotopic (exact) mass is 318 g/mol. The van der Waals surface area contributed by atoms with Gasteiger partial charge in [0.2, 0.25) is 0 Å². The minimum Gasteiger partial charge on any atom is -0.268 e. The molecule has 0 bridgehead atoms. The fourth-order valence-corrected chi connectivity index (χ4v) is 2.80. The molecule has 0 saturated heterocycles. The number of aryl methyl sites for hydroxylation is 2. The van der Waals surface area contributed by atoms with E-state index in [9.17, 15) is 4.79 Å². The molecule has 0 aliphatic rings.